The maximum atomic E-state index is 12.0. The molecule has 20 heavy (non-hydrogen) atoms. The van der Waals surface area contributed by atoms with Crippen LogP contribution in [0.15, 0.2) is 12.3 Å². The molecule has 0 saturated heterocycles. The molecule has 1 aromatic heterocycles. The number of aryl methyl sites for hydroxylation is 2. The van der Waals surface area contributed by atoms with Crippen LogP contribution in [0.1, 0.15) is 45.7 Å². The van der Waals surface area contributed by atoms with Gasteiger partial charge in [0.2, 0.25) is 0 Å². The summed E-state index contributed by atoms with van der Waals surface area (Å²) >= 11 is 0. The van der Waals surface area contributed by atoms with Crippen molar-refractivity contribution in [2.24, 2.45) is 0 Å². The molecule has 0 radical (unpaired) electrons. The number of carbonyl (C=O) groups excluding carboxylic acids is 1. The summed E-state index contributed by atoms with van der Waals surface area (Å²) in [4.78, 5) is 12.0. The molecular formula is C15H27N3O2. The normalized spacial score (nSPS) is 14.0. The second-order valence-corrected chi connectivity index (χ2v) is 5.24. The molecule has 0 saturated carbocycles. The minimum atomic E-state index is -0.579. The van der Waals surface area contributed by atoms with Crippen molar-refractivity contribution in [3.63, 3.8) is 0 Å². The minimum absolute atomic E-state index is 0.155. The Bertz CT molecular complexity index is 417. The van der Waals surface area contributed by atoms with Gasteiger partial charge in [-0.15, -0.1) is 0 Å². The number of unbranched alkanes of at least 4 members (excludes halogenated alkanes) is 1. The number of likely N-dealkylation sites (N-methyl/N-ethyl adjacent to an activating group) is 1. The topological polar surface area (TPSA) is 56.2 Å². The van der Waals surface area contributed by atoms with Crippen molar-refractivity contribution in [3.8, 4) is 0 Å². The first-order valence-corrected chi connectivity index (χ1v) is 7.44. The van der Waals surface area contributed by atoms with Gasteiger partial charge in [0.15, 0.2) is 0 Å². The van der Waals surface area contributed by atoms with E-state index in [4.69, 9.17) is 4.74 Å². The first kappa shape index (κ1) is 16.7. The van der Waals surface area contributed by atoms with E-state index < -0.39 is 5.54 Å². The number of nitrogens with one attached hydrogen (secondary N) is 1. The molecule has 1 atom stereocenters. The summed E-state index contributed by atoms with van der Waals surface area (Å²) in [6.45, 7) is 9.89. The maximum absolute atomic E-state index is 12.0. The van der Waals surface area contributed by atoms with Crippen LogP contribution in [0.3, 0.4) is 0 Å². The number of nitrogens with zero attached hydrogens (tertiary/aromatic N) is 2. The first-order valence-electron chi connectivity index (χ1n) is 7.44. The molecule has 1 unspecified atom stereocenters. The highest BCUT2D eigenvalue weighted by atomic mass is 16.5. The quantitative estimate of drug-likeness (QED) is 0.557. The summed E-state index contributed by atoms with van der Waals surface area (Å²) in [5, 5.41) is 7.51. The molecule has 1 aromatic rings. The third-order valence-corrected chi connectivity index (χ3v) is 3.52. The van der Waals surface area contributed by atoms with Crippen LogP contribution in [0.25, 0.3) is 0 Å². The highest BCUT2D eigenvalue weighted by Crippen LogP contribution is 2.16. The van der Waals surface area contributed by atoms with E-state index >= 15 is 0 Å². The number of hydrogen-bond donors (Lipinski definition) is 1. The number of esters is 1. The Morgan fingerprint density at radius 1 is 1.45 bits per heavy atom. The van der Waals surface area contributed by atoms with E-state index in [0.29, 0.717) is 6.61 Å². The Morgan fingerprint density at radius 2 is 2.20 bits per heavy atom. The molecule has 0 bridgehead atoms. The van der Waals surface area contributed by atoms with Gasteiger partial charge in [0.05, 0.1) is 6.61 Å². The molecule has 1 N–H and O–H groups in total. The summed E-state index contributed by atoms with van der Waals surface area (Å²) in [5.41, 5.74) is 0.592. The zero-order valence-corrected chi connectivity index (χ0v) is 13.1. The molecule has 1 heterocycles. The van der Waals surface area contributed by atoms with E-state index in [1.165, 1.54) is 5.69 Å². The van der Waals surface area contributed by atoms with Gasteiger partial charge in [0.25, 0.3) is 0 Å². The molecule has 0 amide bonds. The number of aromatic nitrogens is 2. The lowest BCUT2D eigenvalue weighted by Crippen LogP contribution is -2.50. The van der Waals surface area contributed by atoms with Crippen LogP contribution in [-0.2, 0) is 16.1 Å². The standard InChI is InChI=1S/C15H27N3O2/c1-5-16-15(4,14(19)20-6-2)10-7-8-12-18-13(3)9-11-17-18/h9,11,16H,5-8,10,12H2,1-4H3. The van der Waals surface area contributed by atoms with Crippen molar-refractivity contribution >= 4 is 5.97 Å². The van der Waals surface area contributed by atoms with Gasteiger partial charge in [-0.05, 0) is 52.6 Å². The largest absolute Gasteiger partial charge is 0.465 e. The fourth-order valence-corrected chi connectivity index (χ4v) is 2.32. The summed E-state index contributed by atoms with van der Waals surface area (Å²) < 4.78 is 7.16. The van der Waals surface area contributed by atoms with Gasteiger partial charge < -0.3 is 10.1 Å². The lowest BCUT2D eigenvalue weighted by atomic mass is 9.94. The van der Waals surface area contributed by atoms with Crippen LogP contribution >= 0.6 is 0 Å². The number of ether oxygens (including phenoxy) is 1. The minimum Gasteiger partial charge on any atom is -0.465 e. The van der Waals surface area contributed by atoms with Gasteiger partial charge in [-0.3, -0.25) is 9.48 Å². The lowest BCUT2D eigenvalue weighted by Gasteiger charge is -2.28. The summed E-state index contributed by atoms with van der Waals surface area (Å²) in [7, 11) is 0. The predicted molar refractivity (Wildman–Crippen MR) is 79.5 cm³/mol. The number of carbonyl (C=O) groups is 1. The Kier molecular flexibility index (Phi) is 6.71. The van der Waals surface area contributed by atoms with E-state index in [1.54, 1.807) is 0 Å². The highest BCUT2D eigenvalue weighted by Gasteiger charge is 2.32. The van der Waals surface area contributed by atoms with Gasteiger partial charge >= 0.3 is 5.97 Å². The Hall–Kier alpha value is -1.36. The molecule has 0 aliphatic carbocycles. The fraction of sp³-hybridized carbons (Fsp3) is 0.733. The van der Waals surface area contributed by atoms with Gasteiger partial charge in [0.1, 0.15) is 5.54 Å². The van der Waals surface area contributed by atoms with Crippen molar-refractivity contribution in [3.05, 3.63) is 18.0 Å². The Morgan fingerprint density at radius 3 is 2.75 bits per heavy atom. The van der Waals surface area contributed by atoms with E-state index in [-0.39, 0.29) is 5.97 Å². The first-order chi connectivity index (χ1) is 9.53. The Labute approximate surface area is 121 Å². The van der Waals surface area contributed by atoms with E-state index in [1.807, 2.05) is 44.6 Å². The van der Waals surface area contributed by atoms with Crippen molar-refractivity contribution < 1.29 is 9.53 Å². The second-order valence-electron chi connectivity index (χ2n) is 5.24. The van der Waals surface area contributed by atoms with Gasteiger partial charge in [-0.2, -0.15) is 5.10 Å². The third-order valence-electron chi connectivity index (χ3n) is 3.52. The SMILES string of the molecule is CCNC(C)(CCCCn1nccc1C)C(=O)OCC. The summed E-state index contributed by atoms with van der Waals surface area (Å²) in [5.74, 6) is -0.155. The predicted octanol–water partition coefficient (Wildman–Crippen LogP) is 2.29. The zero-order chi connectivity index (χ0) is 15.0. The molecule has 1 rings (SSSR count). The van der Waals surface area contributed by atoms with E-state index in [0.717, 1.165) is 32.4 Å². The van der Waals surface area contributed by atoms with Gasteiger partial charge in [0, 0.05) is 18.4 Å². The van der Waals surface area contributed by atoms with Crippen molar-refractivity contribution in [1.82, 2.24) is 15.1 Å². The maximum Gasteiger partial charge on any atom is 0.326 e. The van der Waals surface area contributed by atoms with Crippen LogP contribution in [0.4, 0.5) is 0 Å². The summed E-state index contributed by atoms with van der Waals surface area (Å²) in [6.07, 6.45) is 4.56. The van der Waals surface area contributed by atoms with Crippen molar-refractivity contribution in [1.29, 1.82) is 0 Å². The van der Waals surface area contributed by atoms with Gasteiger partial charge in [-0.25, -0.2) is 0 Å². The molecule has 0 aliphatic rings. The highest BCUT2D eigenvalue weighted by molar-refractivity contribution is 5.80. The fourth-order valence-electron chi connectivity index (χ4n) is 2.32. The molecule has 0 aromatic carbocycles. The zero-order valence-electron chi connectivity index (χ0n) is 13.1. The lowest BCUT2D eigenvalue weighted by molar-refractivity contribution is -0.150. The molecule has 0 spiro atoms. The molecule has 5 heteroatoms. The molecule has 114 valence electrons. The van der Waals surface area contributed by atoms with Crippen LogP contribution in [-0.4, -0.2) is 34.4 Å². The molecular weight excluding hydrogens is 254 g/mol. The van der Waals surface area contributed by atoms with Gasteiger partial charge in [-0.1, -0.05) is 6.92 Å². The van der Waals surface area contributed by atoms with Crippen molar-refractivity contribution in [2.45, 2.75) is 59.0 Å². The molecule has 0 fully saturated rings. The third kappa shape index (κ3) is 4.63. The average Bonchev–Trinajstić information content (AvgIpc) is 2.81. The second kappa shape index (κ2) is 8.04. The number of rotatable bonds is 9. The number of hydrogen-bond acceptors (Lipinski definition) is 4. The van der Waals surface area contributed by atoms with Crippen LogP contribution < -0.4 is 5.32 Å². The van der Waals surface area contributed by atoms with Crippen LogP contribution in [0.5, 0.6) is 0 Å². The molecule has 5 nitrogen and oxygen atoms in total. The Balaban J connectivity index is 2.42. The monoisotopic (exact) mass is 281 g/mol. The van der Waals surface area contributed by atoms with Crippen LogP contribution in [0, 0.1) is 6.92 Å². The molecule has 0 aliphatic heterocycles. The average molecular weight is 281 g/mol. The van der Waals surface area contributed by atoms with E-state index in [9.17, 15) is 4.79 Å². The summed E-state index contributed by atoms with van der Waals surface area (Å²) in [6, 6.07) is 2.00. The van der Waals surface area contributed by atoms with E-state index in [2.05, 4.69) is 10.4 Å². The van der Waals surface area contributed by atoms with Crippen molar-refractivity contribution in [2.75, 3.05) is 13.2 Å². The smallest absolute Gasteiger partial charge is 0.326 e. The van der Waals surface area contributed by atoms with Crippen LogP contribution in [0.2, 0.25) is 0 Å².